The molecule has 0 spiro atoms. The summed E-state index contributed by atoms with van der Waals surface area (Å²) in [5.74, 6) is 0.0696. The molecule has 2 heterocycles. The predicted molar refractivity (Wildman–Crippen MR) is 126 cm³/mol. The Bertz CT molecular complexity index is 1020. The first-order chi connectivity index (χ1) is 15.1. The van der Waals surface area contributed by atoms with Crippen LogP contribution in [0.15, 0.2) is 47.4 Å². The quantitative estimate of drug-likeness (QED) is 0.461. The van der Waals surface area contributed by atoms with Crippen molar-refractivity contribution in [2.45, 2.75) is 18.2 Å². The van der Waals surface area contributed by atoms with E-state index in [9.17, 15) is 9.18 Å². The van der Waals surface area contributed by atoms with Crippen molar-refractivity contribution in [1.82, 2.24) is 9.88 Å². The molecule has 1 aliphatic heterocycles. The molecule has 0 aliphatic carbocycles. The Hall–Kier alpha value is -2.00. The molecule has 1 aromatic heterocycles. The van der Waals surface area contributed by atoms with E-state index in [-0.39, 0.29) is 11.7 Å². The number of aromatic nitrogens is 1. The molecule has 0 saturated carbocycles. The fourth-order valence-corrected chi connectivity index (χ4v) is 5.27. The monoisotopic (exact) mass is 459 g/mol. The number of amides is 1. The molecule has 2 aromatic carbocycles. The van der Waals surface area contributed by atoms with Gasteiger partial charge < -0.3 is 4.74 Å². The summed E-state index contributed by atoms with van der Waals surface area (Å²) in [7, 11) is 0. The first kappa shape index (κ1) is 22.2. The van der Waals surface area contributed by atoms with Gasteiger partial charge in [0.2, 0.25) is 5.91 Å². The number of ether oxygens (including phenoxy) is 1. The van der Waals surface area contributed by atoms with Crippen LogP contribution in [0, 0.1) is 12.7 Å². The van der Waals surface area contributed by atoms with Crippen LogP contribution in [0.25, 0.3) is 10.2 Å². The standard InChI is InChI=1S/C23H26FN3O2S2/c1-17-3-6-19(7-4-17)30-16-22(28)27(10-2-9-26-11-13-29-14-12-26)23-25-20-8-5-18(24)15-21(20)31-23/h3-8,15H,2,9-14,16H2,1H3. The molecule has 0 atom stereocenters. The van der Waals surface area contributed by atoms with Crippen LogP contribution in [0.1, 0.15) is 12.0 Å². The summed E-state index contributed by atoms with van der Waals surface area (Å²) in [5.41, 5.74) is 1.92. The number of halogens is 1. The van der Waals surface area contributed by atoms with Gasteiger partial charge in [0.15, 0.2) is 5.13 Å². The summed E-state index contributed by atoms with van der Waals surface area (Å²) in [6.45, 7) is 6.93. The zero-order valence-electron chi connectivity index (χ0n) is 17.6. The summed E-state index contributed by atoms with van der Waals surface area (Å²) >= 11 is 2.90. The smallest absolute Gasteiger partial charge is 0.239 e. The zero-order valence-corrected chi connectivity index (χ0v) is 19.2. The van der Waals surface area contributed by atoms with Crippen molar-refractivity contribution < 1.29 is 13.9 Å². The average Bonchev–Trinajstić information content (AvgIpc) is 3.19. The van der Waals surface area contributed by atoms with E-state index in [4.69, 9.17) is 4.74 Å². The number of hydrogen-bond acceptors (Lipinski definition) is 6. The van der Waals surface area contributed by atoms with Gasteiger partial charge in [0.25, 0.3) is 0 Å². The molecule has 3 aromatic rings. The normalized spacial score (nSPS) is 14.8. The van der Waals surface area contributed by atoms with Gasteiger partial charge in [0.05, 0.1) is 29.2 Å². The van der Waals surface area contributed by atoms with E-state index in [0.29, 0.717) is 17.4 Å². The highest BCUT2D eigenvalue weighted by Crippen LogP contribution is 2.30. The Morgan fingerprint density at radius 1 is 1.23 bits per heavy atom. The maximum Gasteiger partial charge on any atom is 0.239 e. The molecule has 4 rings (SSSR count). The molecule has 1 saturated heterocycles. The van der Waals surface area contributed by atoms with Gasteiger partial charge in [-0.15, -0.1) is 11.8 Å². The lowest BCUT2D eigenvalue weighted by Gasteiger charge is -2.27. The van der Waals surface area contributed by atoms with Crippen LogP contribution < -0.4 is 4.90 Å². The number of carbonyl (C=O) groups excluding carboxylic acids is 1. The lowest BCUT2D eigenvalue weighted by molar-refractivity contribution is -0.116. The van der Waals surface area contributed by atoms with Crippen LogP contribution in [0.2, 0.25) is 0 Å². The van der Waals surface area contributed by atoms with Gasteiger partial charge in [-0.3, -0.25) is 14.6 Å². The maximum absolute atomic E-state index is 13.6. The Balaban J connectivity index is 1.46. The number of carbonyl (C=O) groups is 1. The second-order valence-electron chi connectivity index (χ2n) is 7.56. The minimum Gasteiger partial charge on any atom is -0.379 e. The SMILES string of the molecule is Cc1ccc(SCC(=O)N(CCCN2CCOCC2)c2nc3ccc(F)cc3s2)cc1. The Labute approximate surface area is 190 Å². The summed E-state index contributed by atoms with van der Waals surface area (Å²) in [6, 6.07) is 12.7. The minimum absolute atomic E-state index is 0.0204. The second kappa shape index (κ2) is 10.5. The number of fused-ring (bicyclic) bond motifs is 1. The van der Waals surface area contributed by atoms with Gasteiger partial charge in [-0.05, 0) is 43.7 Å². The van der Waals surface area contributed by atoms with Crippen LogP contribution in [-0.2, 0) is 9.53 Å². The van der Waals surface area contributed by atoms with Crippen LogP contribution >= 0.6 is 23.1 Å². The van der Waals surface area contributed by atoms with Crippen LogP contribution in [-0.4, -0.2) is 60.9 Å². The topological polar surface area (TPSA) is 45.7 Å². The first-order valence-electron chi connectivity index (χ1n) is 10.4. The molecule has 0 unspecified atom stereocenters. The highest BCUT2D eigenvalue weighted by molar-refractivity contribution is 8.00. The number of nitrogens with zero attached hydrogens (tertiary/aromatic N) is 3. The number of benzene rings is 2. The first-order valence-corrected chi connectivity index (χ1v) is 12.2. The van der Waals surface area contributed by atoms with Crippen molar-refractivity contribution in [3.8, 4) is 0 Å². The number of hydrogen-bond donors (Lipinski definition) is 0. The molecule has 0 N–H and O–H groups in total. The van der Waals surface area contributed by atoms with Gasteiger partial charge >= 0.3 is 0 Å². The highest BCUT2D eigenvalue weighted by Gasteiger charge is 2.21. The van der Waals surface area contributed by atoms with Gasteiger partial charge in [0.1, 0.15) is 5.82 Å². The van der Waals surface area contributed by atoms with Crippen LogP contribution in [0.3, 0.4) is 0 Å². The lowest BCUT2D eigenvalue weighted by Crippen LogP contribution is -2.39. The van der Waals surface area contributed by atoms with E-state index in [1.807, 2.05) is 19.1 Å². The van der Waals surface area contributed by atoms with E-state index >= 15 is 0 Å². The van der Waals surface area contributed by atoms with E-state index in [1.165, 1.54) is 40.8 Å². The predicted octanol–water partition coefficient (Wildman–Crippen LogP) is 4.59. The third kappa shape index (κ3) is 6.04. The molecule has 164 valence electrons. The fraction of sp³-hybridized carbons (Fsp3) is 0.391. The van der Waals surface area contributed by atoms with E-state index in [2.05, 4.69) is 22.0 Å². The van der Waals surface area contributed by atoms with E-state index in [1.54, 1.807) is 11.0 Å². The number of thioether (sulfide) groups is 1. The number of rotatable bonds is 8. The molecule has 0 bridgehead atoms. The average molecular weight is 460 g/mol. The second-order valence-corrected chi connectivity index (χ2v) is 9.62. The molecule has 1 amide bonds. The summed E-state index contributed by atoms with van der Waals surface area (Å²) in [6.07, 6.45) is 0.852. The molecule has 1 fully saturated rings. The number of thiazole rings is 1. The van der Waals surface area contributed by atoms with Crippen molar-refractivity contribution in [1.29, 1.82) is 0 Å². The third-order valence-electron chi connectivity index (χ3n) is 5.21. The number of morpholine rings is 1. The van der Waals surface area contributed by atoms with E-state index < -0.39 is 0 Å². The third-order valence-corrected chi connectivity index (χ3v) is 7.25. The Kier molecular flexibility index (Phi) is 7.55. The molecule has 31 heavy (non-hydrogen) atoms. The summed E-state index contributed by atoms with van der Waals surface area (Å²) in [5, 5.41) is 0.636. The molecular formula is C23H26FN3O2S2. The lowest BCUT2D eigenvalue weighted by atomic mass is 10.2. The van der Waals surface area contributed by atoms with Gasteiger partial charge in [-0.25, -0.2) is 9.37 Å². The zero-order chi connectivity index (χ0) is 21.6. The number of aryl methyl sites for hydroxylation is 1. The van der Waals surface area contributed by atoms with Gasteiger partial charge in [-0.2, -0.15) is 0 Å². The largest absolute Gasteiger partial charge is 0.379 e. The maximum atomic E-state index is 13.6. The van der Waals surface area contributed by atoms with Gasteiger partial charge in [0, 0.05) is 31.1 Å². The van der Waals surface area contributed by atoms with Crippen molar-refractivity contribution in [2.24, 2.45) is 0 Å². The summed E-state index contributed by atoms with van der Waals surface area (Å²) in [4.78, 5) is 23.0. The van der Waals surface area contributed by atoms with Crippen LogP contribution in [0.4, 0.5) is 9.52 Å². The van der Waals surface area contributed by atoms with Crippen molar-refractivity contribution in [2.75, 3.05) is 50.0 Å². The van der Waals surface area contributed by atoms with E-state index in [0.717, 1.165) is 54.4 Å². The Morgan fingerprint density at radius 2 is 2.00 bits per heavy atom. The highest BCUT2D eigenvalue weighted by atomic mass is 32.2. The molecule has 8 heteroatoms. The molecule has 5 nitrogen and oxygen atoms in total. The van der Waals surface area contributed by atoms with Gasteiger partial charge in [-0.1, -0.05) is 29.0 Å². The fourth-order valence-electron chi connectivity index (χ4n) is 3.46. The van der Waals surface area contributed by atoms with Crippen molar-refractivity contribution >= 4 is 44.4 Å². The molecule has 0 radical (unpaired) electrons. The van der Waals surface area contributed by atoms with Crippen LogP contribution in [0.5, 0.6) is 0 Å². The number of anilines is 1. The van der Waals surface area contributed by atoms with Crippen molar-refractivity contribution in [3.63, 3.8) is 0 Å². The minimum atomic E-state index is -0.289. The molecule has 1 aliphatic rings. The summed E-state index contributed by atoms with van der Waals surface area (Å²) < 4.78 is 19.8. The Morgan fingerprint density at radius 3 is 2.77 bits per heavy atom. The molecular weight excluding hydrogens is 433 g/mol. The van der Waals surface area contributed by atoms with Crippen molar-refractivity contribution in [3.05, 3.63) is 53.8 Å².